The second kappa shape index (κ2) is 6.06. The molecule has 20 heavy (non-hydrogen) atoms. The van der Waals surface area contributed by atoms with E-state index in [0.29, 0.717) is 11.8 Å². The molecular formula is C17H20N2O. The number of nitrogens with one attached hydrogen (secondary N) is 1. The molecule has 1 N–H and O–H groups in total. The van der Waals surface area contributed by atoms with E-state index in [-0.39, 0.29) is 6.10 Å². The lowest BCUT2D eigenvalue weighted by Gasteiger charge is -2.24. The van der Waals surface area contributed by atoms with Crippen LogP contribution in [0.25, 0.3) is 0 Å². The van der Waals surface area contributed by atoms with E-state index in [1.165, 1.54) is 5.56 Å². The lowest BCUT2D eigenvalue weighted by Crippen LogP contribution is -2.21. The number of nitrogens with zero attached hydrogens (tertiary/aromatic N) is 1. The molecule has 0 aliphatic carbocycles. The molecule has 1 aromatic carbocycles. The monoisotopic (exact) mass is 268 g/mol. The van der Waals surface area contributed by atoms with Gasteiger partial charge in [-0.1, -0.05) is 36.4 Å². The second-order valence-electron chi connectivity index (χ2n) is 5.38. The summed E-state index contributed by atoms with van der Waals surface area (Å²) >= 11 is 0. The average molecular weight is 268 g/mol. The van der Waals surface area contributed by atoms with E-state index < -0.39 is 0 Å². The molecule has 1 aliphatic rings. The van der Waals surface area contributed by atoms with Crippen LogP contribution in [0.4, 0.5) is 0 Å². The quantitative estimate of drug-likeness (QED) is 0.925. The Morgan fingerprint density at radius 3 is 2.70 bits per heavy atom. The minimum Gasteiger partial charge on any atom is -0.469 e. The molecule has 2 aromatic rings. The topological polar surface area (TPSA) is 34.1 Å². The summed E-state index contributed by atoms with van der Waals surface area (Å²) in [6, 6.07) is 14.4. The van der Waals surface area contributed by atoms with E-state index in [1.54, 1.807) is 0 Å². The van der Waals surface area contributed by atoms with Gasteiger partial charge in [-0.15, -0.1) is 0 Å². The van der Waals surface area contributed by atoms with Gasteiger partial charge < -0.3 is 10.1 Å². The zero-order valence-electron chi connectivity index (χ0n) is 11.8. The third-order valence-corrected chi connectivity index (χ3v) is 3.79. The highest BCUT2D eigenvalue weighted by molar-refractivity contribution is 5.22. The molecule has 2 atom stereocenters. The largest absolute Gasteiger partial charge is 0.469 e. The van der Waals surface area contributed by atoms with Crippen LogP contribution < -0.4 is 10.1 Å². The van der Waals surface area contributed by atoms with Crippen molar-refractivity contribution in [3.8, 4) is 5.88 Å². The van der Waals surface area contributed by atoms with E-state index in [0.717, 1.165) is 25.1 Å². The van der Waals surface area contributed by atoms with Crippen LogP contribution in [-0.4, -0.2) is 18.1 Å². The molecule has 0 spiro atoms. The summed E-state index contributed by atoms with van der Waals surface area (Å²) in [4.78, 5) is 4.37. The van der Waals surface area contributed by atoms with Gasteiger partial charge in [-0.2, -0.15) is 0 Å². The number of aromatic nitrogens is 1. The molecule has 0 saturated carbocycles. The van der Waals surface area contributed by atoms with Gasteiger partial charge in [0.15, 0.2) is 0 Å². The zero-order chi connectivity index (χ0) is 13.8. The van der Waals surface area contributed by atoms with Crippen molar-refractivity contribution >= 4 is 0 Å². The highest BCUT2D eigenvalue weighted by Gasteiger charge is 2.28. The zero-order valence-corrected chi connectivity index (χ0v) is 11.8. The van der Waals surface area contributed by atoms with Gasteiger partial charge in [0, 0.05) is 24.7 Å². The van der Waals surface area contributed by atoms with Crippen LogP contribution in [0.15, 0.2) is 48.7 Å². The van der Waals surface area contributed by atoms with Gasteiger partial charge in [0.25, 0.3) is 0 Å². The fraction of sp³-hybridized carbons (Fsp3) is 0.353. The molecule has 0 amide bonds. The van der Waals surface area contributed by atoms with Crippen LogP contribution in [0, 0.1) is 12.8 Å². The molecule has 1 aromatic heterocycles. The number of rotatable bonds is 4. The van der Waals surface area contributed by atoms with E-state index in [1.807, 2.05) is 31.3 Å². The van der Waals surface area contributed by atoms with E-state index in [2.05, 4.69) is 34.6 Å². The van der Waals surface area contributed by atoms with Crippen molar-refractivity contribution in [3.63, 3.8) is 0 Å². The molecule has 1 fully saturated rings. The van der Waals surface area contributed by atoms with Crippen LogP contribution in [0.3, 0.4) is 0 Å². The molecule has 3 rings (SSSR count). The van der Waals surface area contributed by atoms with Crippen molar-refractivity contribution in [1.82, 2.24) is 10.3 Å². The highest BCUT2D eigenvalue weighted by atomic mass is 16.5. The highest BCUT2D eigenvalue weighted by Crippen LogP contribution is 2.31. The normalized spacial score (nSPS) is 19.8. The smallest absolute Gasteiger partial charge is 0.213 e. The number of benzene rings is 1. The standard InChI is InChI=1S/C17H20N2O/c1-13-7-8-16(19-11-13)20-17(15-9-10-18-12-15)14-5-3-2-4-6-14/h2-8,11,15,17-18H,9-10,12H2,1H3/t15-,17-/m1/s1. The van der Waals surface area contributed by atoms with Crippen molar-refractivity contribution in [3.05, 3.63) is 59.8 Å². The summed E-state index contributed by atoms with van der Waals surface area (Å²) in [6.45, 7) is 4.11. The molecule has 1 aliphatic heterocycles. The van der Waals surface area contributed by atoms with E-state index in [9.17, 15) is 0 Å². The van der Waals surface area contributed by atoms with Crippen molar-refractivity contribution in [2.75, 3.05) is 13.1 Å². The Balaban J connectivity index is 1.83. The number of hydrogen-bond acceptors (Lipinski definition) is 3. The van der Waals surface area contributed by atoms with Crippen molar-refractivity contribution in [2.45, 2.75) is 19.4 Å². The molecule has 2 heterocycles. The first-order valence-corrected chi connectivity index (χ1v) is 7.18. The summed E-state index contributed by atoms with van der Waals surface area (Å²) in [5.74, 6) is 1.21. The minimum atomic E-state index is 0.0707. The lowest BCUT2D eigenvalue weighted by atomic mass is 9.95. The minimum absolute atomic E-state index is 0.0707. The summed E-state index contributed by atoms with van der Waals surface area (Å²) in [5.41, 5.74) is 2.37. The van der Waals surface area contributed by atoms with Gasteiger partial charge in [-0.25, -0.2) is 4.98 Å². The SMILES string of the molecule is Cc1ccc(O[C@H](c2ccccc2)[C@@H]2CCNC2)nc1. The maximum absolute atomic E-state index is 6.19. The lowest BCUT2D eigenvalue weighted by molar-refractivity contribution is 0.138. The number of pyridine rings is 1. The Labute approximate surface area is 120 Å². The average Bonchev–Trinajstić information content (AvgIpc) is 3.01. The van der Waals surface area contributed by atoms with Gasteiger partial charge in [0.1, 0.15) is 6.10 Å². The fourth-order valence-corrected chi connectivity index (χ4v) is 2.67. The summed E-state index contributed by atoms with van der Waals surface area (Å²) in [6.07, 6.45) is 3.07. The summed E-state index contributed by atoms with van der Waals surface area (Å²) in [5, 5.41) is 3.42. The first-order chi connectivity index (χ1) is 9.83. The summed E-state index contributed by atoms with van der Waals surface area (Å²) in [7, 11) is 0. The van der Waals surface area contributed by atoms with Gasteiger partial charge >= 0.3 is 0 Å². The van der Waals surface area contributed by atoms with E-state index >= 15 is 0 Å². The van der Waals surface area contributed by atoms with Crippen molar-refractivity contribution in [2.24, 2.45) is 5.92 Å². The van der Waals surface area contributed by atoms with Gasteiger partial charge in [-0.3, -0.25) is 0 Å². The Kier molecular flexibility index (Phi) is 3.97. The molecule has 0 unspecified atom stereocenters. The first kappa shape index (κ1) is 13.1. The molecule has 0 radical (unpaired) electrons. The van der Waals surface area contributed by atoms with Crippen LogP contribution in [0.2, 0.25) is 0 Å². The maximum atomic E-state index is 6.19. The predicted molar refractivity (Wildman–Crippen MR) is 79.8 cm³/mol. The Morgan fingerprint density at radius 1 is 1.20 bits per heavy atom. The van der Waals surface area contributed by atoms with Gasteiger partial charge in [0.2, 0.25) is 5.88 Å². The van der Waals surface area contributed by atoms with Crippen molar-refractivity contribution in [1.29, 1.82) is 0 Å². The van der Waals surface area contributed by atoms with Gasteiger partial charge in [-0.05, 0) is 31.0 Å². The van der Waals surface area contributed by atoms with Crippen LogP contribution >= 0.6 is 0 Å². The third-order valence-electron chi connectivity index (χ3n) is 3.79. The number of aryl methyl sites for hydroxylation is 1. The van der Waals surface area contributed by atoms with Crippen LogP contribution in [0.1, 0.15) is 23.7 Å². The number of hydrogen-bond donors (Lipinski definition) is 1. The molecule has 3 heteroatoms. The van der Waals surface area contributed by atoms with Crippen LogP contribution in [-0.2, 0) is 0 Å². The Hall–Kier alpha value is -1.87. The maximum Gasteiger partial charge on any atom is 0.213 e. The molecule has 1 saturated heterocycles. The molecule has 0 bridgehead atoms. The predicted octanol–water partition coefficient (Wildman–Crippen LogP) is 3.12. The van der Waals surface area contributed by atoms with Crippen molar-refractivity contribution < 1.29 is 4.74 Å². The summed E-state index contributed by atoms with van der Waals surface area (Å²) < 4.78 is 6.19. The van der Waals surface area contributed by atoms with Gasteiger partial charge in [0.05, 0.1) is 0 Å². The van der Waals surface area contributed by atoms with Crippen LogP contribution in [0.5, 0.6) is 5.88 Å². The second-order valence-corrected chi connectivity index (χ2v) is 5.38. The van der Waals surface area contributed by atoms with E-state index in [4.69, 9.17) is 4.74 Å². The fourth-order valence-electron chi connectivity index (χ4n) is 2.67. The Bertz CT molecular complexity index is 533. The third kappa shape index (κ3) is 2.99. The first-order valence-electron chi connectivity index (χ1n) is 7.18. The Morgan fingerprint density at radius 2 is 2.05 bits per heavy atom. The molecule has 3 nitrogen and oxygen atoms in total. The number of ether oxygens (including phenoxy) is 1. The molecular weight excluding hydrogens is 248 g/mol. The molecule has 104 valence electrons.